The zero-order valence-corrected chi connectivity index (χ0v) is 18.8. The van der Waals surface area contributed by atoms with E-state index in [1.807, 2.05) is 18.2 Å². The number of carbonyl (C=O) groups excluding carboxylic acids is 3. The minimum Gasteiger partial charge on any atom is -0.495 e. The van der Waals surface area contributed by atoms with Crippen LogP contribution in [0.3, 0.4) is 0 Å². The van der Waals surface area contributed by atoms with Gasteiger partial charge in [0.15, 0.2) is 5.78 Å². The number of ketones is 1. The number of anilines is 2. The lowest BCUT2D eigenvalue weighted by Gasteiger charge is -2.20. The molecule has 4 rings (SSSR count). The van der Waals surface area contributed by atoms with Gasteiger partial charge in [0.25, 0.3) is 5.91 Å². The van der Waals surface area contributed by atoms with Gasteiger partial charge in [-0.3, -0.25) is 14.9 Å². The molecule has 0 atom stereocenters. The van der Waals surface area contributed by atoms with Crippen LogP contribution in [0.1, 0.15) is 47.1 Å². The van der Waals surface area contributed by atoms with E-state index in [2.05, 4.69) is 10.6 Å². The molecule has 0 aliphatic heterocycles. The van der Waals surface area contributed by atoms with Gasteiger partial charge in [-0.15, -0.1) is 0 Å². The highest BCUT2D eigenvalue weighted by Gasteiger charge is 2.27. The van der Waals surface area contributed by atoms with Crippen LogP contribution in [0.5, 0.6) is 5.75 Å². The largest absolute Gasteiger partial charge is 0.495 e. The van der Waals surface area contributed by atoms with Gasteiger partial charge in [-0.1, -0.05) is 30.3 Å². The van der Waals surface area contributed by atoms with Crippen molar-refractivity contribution in [1.82, 2.24) is 0 Å². The second-order valence-electron chi connectivity index (χ2n) is 8.63. The van der Waals surface area contributed by atoms with E-state index in [1.54, 1.807) is 63.2 Å². The lowest BCUT2D eigenvalue weighted by Crippen LogP contribution is -2.27. The summed E-state index contributed by atoms with van der Waals surface area (Å²) in [5.41, 5.74) is 3.33. The van der Waals surface area contributed by atoms with Crippen LogP contribution in [-0.2, 0) is 4.74 Å². The summed E-state index contributed by atoms with van der Waals surface area (Å²) in [6.45, 7) is 5.29. The summed E-state index contributed by atoms with van der Waals surface area (Å²) in [5, 5.41) is 5.44. The number of methoxy groups -OCH3 is 1. The maximum Gasteiger partial charge on any atom is 0.412 e. The number of benzene rings is 3. The Labute approximate surface area is 191 Å². The van der Waals surface area contributed by atoms with E-state index in [0.717, 1.165) is 11.1 Å². The van der Waals surface area contributed by atoms with E-state index in [9.17, 15) is 14.4 Å². The van der Waals surface area contributed by atoms with Gasteiger partial charge < -0.3 is 14.8 Å². The second-order valence-corrected chi connectivity index (χ2v) is 8.63. The number of carbonyl (C=O) groups is 3. The Balaban J connectivity index is 1.55. The van der Waals surface area contributed by atoms with E-state index in [0.29, 0.717) is 33.8 Å². The molecule has 0 fully saturated rings. The molecule has 0 saturated carbocycles. The van der Waals surface area contributed by atoms with Gasteiger partial charge in [-0.2, -0.15) is 0 Å². The monoisotopic (exact) mass is 444 g/mol. The molecule has 2 amide bonds. The third-order valence-corrected chi connectivity index (χ3v) is 5.08. The van der Waals surface area contributed by atoms with E-state index < -0.39 is 11.7 Å². The Morgan fingerprint density at radius 3 is 2.21 bits per heavy atom. The molecule has 0 unspecified atom stereocenters. The van der Waals surface area contributed by atoms with Crippen molar-refractivity contribution in [3.63, 3.8) is 0 Å². The van der Waals surface area contributed by atoms with Crippen molar-refractivity contribution in [3.05, 3.63) is 77.4 Å². The number of hydrogen-bond donors (Lipinski definition) is 2. The summed E-state index contributed by atoms with van der Waals surface area (Å²) in [7, 11) is 1.48. The predicted molar refractivity (Wildman–Crippen MR) is 126 cm³/mol. The van der Waals surface area contributed by atoms with Crippen molar-refractivity contribution in [1.29, 1.82) is 0 Å². The van der Waals surface area contributed by atoms with Gasteiger partial charge in [0.1, 0.15) is 11.4 Å². The van der Waals surface area contributed by atoms with Crippen molar-refractivity contribution in [3.8, 4) is 16.9 Å². The maximum absolute atomic E-state index is 12.9. The SMILES string of the molecule is COc1ccc(NC(=O)c2ccc3c(c2)C(=O)c2ccccc2-3)cc1NC(=O)OC(C)(C)C. The van der Waals surface area contributed by atoms with E-state index in [4.69, 9.17) is 9.47 Å². The van der Waals surface area contributed by atoms with Gasteiger partial charge in [-0.05, 0) is 62.2 Å². The topological polar surface area (TPSA) is 93.7 Å². The van der Waals surface area contributed by atoms with E-state index >= 15 is 0 Å². The second kappa shape index (κ2) is 8.43. The molecule has 0 heterocycles. The molecule has 0 saturated heterocycles. The molecule has 0 spiro atoms. The Hall–Kier alpha value is -4.13. The van der Waals surface area contributed by atoms with Gasteiger partial charge in [-0.25, -0.2) is 4.79 Å². The molecule has 2 N–H and O–H groups in total. The van der Waals surface area contributed by atoms with Crippen LogP contribution in [0.4, 0.5) is 16.2 Å². The quantitative estimate of drug-likeness (QED) is 0.433. The van der Waals surface area contributed by atoms with Crippen molar-refractivity contribution in [2.75, 3.05) is 17.7 Å². The minimum atomic E-state index is -0.659. The van der Waals surface area contributed by atoms with Crippen molar-refractivity contribution >= 4 is 29.2 Å². The van der Waals surface area contributed by atoms with Crippen LogP contribution in [0.25, 0.3) is 11.1 Å². The molecule has 0 bridgehead atoms. The number of nitrogens with one attached hydrogen (secondary N) is 2. The lowest BCUT2D eigenvalue weighted by atomic mass is 10.0. The first-order chi connectivity index (χ1) is 15.7. The van der Waals surface area contributed by atoms with Crippen LogP contribution in [0.2, 0.25) is 0 Å². The Morgan fingerprint density at radius 1 is 0.818 bits per heavy atom. The molecular weight excluding hydrogens is 420 g/mol. The third-order valence-electron chi connectivity index (χ3n) is 5.08. The van der Waals surface area contributed by atoms with Crippen LogP contribution in [-0.4, -0.2) is 30.5 Å². The fraction of sp³-hybridized carbons (Fsp3) is 0.192. The molecule has 1 aliphatic rings. The van der Waals surface area contributed by atoms with Crippen molar-refractivity contribution in [2.45, 2.75) is 26.4 Å². The highest BCUT2D eigenvalue weighted by atomic mass is 16.6. The molecule has 0 radical (unpaired) electrons. The summed E-state index contributed by atoms with van der Waals surface area (Å²) in [5.74, 6) is -0.0572. The number of fused-ring (bicyclic) bond motifs is 3. The molecule has 3 aromatic carbocycles. The van der Waals surface area contributed by atoms with Crippen LogP contribution in [0.15, 0.2) is 60.7 Å². The maximum atomic E-state index is 12.9. The van der Waals surface area contributed by atoms with Gasteiger partial charge >= 0.3 is 6.09 Å². The molecule has 3 aromatic rings. The molecule has 0 aromatic heterocycles. The summed E-state index contributed by atoms with van der Waals surface area (Å²) < 4.78 is 10.6. The summed E-state index contributed by atoms with van der Waals surface area (Å²) in [6.07, 6.45) is -0.638. The van der Waals surface area contributed by atoms with E-state index in [-0.39, 0.29) is 11.7 Å². The van der Waals surface area contributed by atoms with Crippen molar-refractivity contribution < 1.29 is 23.9 Å². The lowest BCUT2D eigenvalue weighted by molar-refractivity contribution is 0.0635. The van der Waals surface area contributed by atoms with Gasteiger partial charge in [0.2, 0.25) is 0 Å². The minimum absolute atomic E-state index is 0.0939. The fourth-order valence-corrected chi connectivity index (χ4v) is 3.67. The van der Waals surface area contributed by atoms with E-state index in [1.165, 1.54) is 7.11 Å². The highest BCUT2D eigenvalue weighted by Crippen LogP contribution is 2.37. The number of hydrogen-bond acceptors (Lipinski definition) is 5. The molecule has 168 valence electrons. The Kier molecular flexibility index (Phi) is 5.64. The first kappa shape index (κ1) is 22.1. The zero-order valence-electron chi connectivity index (χ0n) is 18.8. The number of amides is 2. The molecular formula is C26H24N2O5. The average molecular weight is 444 g/mol. The molecule has 1 aliphatic carbocycles. The summed E-state index contributed by atoms with van der Waals surface area (Å²) >= 11 is 0. The van der Waals surface area contributed by atoms with Crippen LogP contribution >= 0.6 is 0 Å². The van der Waals surface area contributed by atoms with Gasteiger partial charge in [0, 0.05) is 22.4 Å². The Morgan fingerprint density at radius 2 is 1.52 bits per heavy atom. The van der Waals surface area contributed by atoms with Crippen molar-refractivity contribution in [2.24, 2.45) is 0 Å². The number of ether oxygens (including phenoxy) is 2. The smallest absolute Gasteiger partial charge is 0.412 e. The first-order valence-electron chi connectivity index (χ1n) is 10.4. The number of rotatable bonds is 4. The first-order valence-corrected chi connectivity index (χ1v) is 10.4. The summed E-state index contributed by atoms with van der Waals surface area (Å²) in [4.78, 5) is 37.8. The Bertz CT molecular complexity index is 1270. The fourth-order valence-electron chi connectivity index (χ4n) is 3.67. The van der Waals surface area contributed by atoms with Crippen LogP contribution < -0.4 is 15.4 Å². The highest BCUT2D eigenvalue weighted by molar-refractivity contribution is 6.22. The average Bonchev–Trinajstić information content (AvgIpc) is 3.04. The van der Waals surface area contributed by atoms with Crippen LogP contribution in [0, 0.1) is 0 Å². The standard InChI is InChI=1S/C26H24N2O5/c1-26(2,3)33-25(31)28-21-14-16(10-12-22(21)32-4)27-24(30)15-9-11-18-17-7-5-6-8-19(17)23(29)20(18)13-15/h5-14H,1-4H3,(H,27,30)(H,28,31). The molecule has 7 nitrogen and oxygen atoms in total. The molecule has 7 heteroatoms. The third kappa shape index (κ3) is 4.57. The zero-order chi connectivity index (χ0) is 23.8. The van der Waals surface area contributed by atoms with Gasteiger partial charge in [0.05, 0.1) is 12.8 Å². The molecule has 33 heavy (non-hydrogen) atoms. The summed E-state index contributed by atoms with van der Waals surface area (Å²) in [6, 6.07) is 17.3. The normalized spacial score (nSPS) is 11.9. The predicted octanol–water partition coefficient (Wildman–Crippen LogP) is 5.51.